The van der Waals surface area contributed by atoms with Gasteiger partial charge >= 0.3 is 0 Å². The predicted molar refractivity (Wildman–Crippen MR) is 64.8 cm³/mol. The molecule has 0 amide bonds. The van der Waals surface area contributed by atoms with Crippen LogP contribution in [0.3, 0.4) is 0 Å². The second-order valence-electron chi connectivity index (χ2n) is 3.90. The van der Waals surface area contributed by atoms with E-state index >= 15 is 0 Å². The van der Waals surface area contributed by atoms with Gasteiger partial charge in [0.1, 0.15) is 5.58 Å². The van der Waals surface area contributed by atoms with E-state index in [1.165, 1.54) is 10.9 Å². The minimum absolute atomic E-state index is 0.332. The maximum Gasteiger partial charge on any atom is 0.134 e. The van der Waals surface area contributed by atoms with Crippen molar-refractivity contribution in [1.29, 1.82) is 0 Å². The quantitative estimate of drug-likeness (QED) is 0.838. The monoisotopic (exact) mass is 219 g/mol. The predicted octanol–water partition coefficient (Wildman–Crippen LogP) is 2.38. The third kappa shape index (κ3) is 2.10. The normalized spacial score (nSPS) is 13.1. The van der Waals surface area contributed by atoms with Crippen LogP contribution >= 0.6 is 0 Å². The molecule has 0 aliphatic heterocycles. The molecule has 1 aromatic heterocycles. The van der Waals surface area contributed by atoms with E-state index in [0.717, 1.165) is 12.1 Å². The molecule has 1 N–H and O–H groups in total. The smallest absolute Gasteiger partial charge is 0.134 e. The number of methoxy groups -OCH3 is 1. The molecular formula is C13H17NO2. The average molecular weight is 219 g/mol. The highest BCUT2D eigenvalue weighted by atomic mass is 16.5. The summed E-state index contributed by atoms with van der Waals surface area (Å²) >= 11 is 0. The lowest BCUT2D eigenvalue weighted by Crippen LogP contribution is -2.20. The van der Waals surface area contributed by atoms with Crippen LogP contribution in [0.5, 0.6) is 0 Å². The van der Waals surface area contributed by atoms with Crippen LogP contribution in [0.25, 0.3) is 11.0 Å². The summed E-state index contributed by atoms with van der Waals surface area (Å²) < 4.78 is 10.8. The summed E-state index contributed by atoms with van der Waals surface area (Å²) in [6.45, 7) is 1.59. The van der Waals surface area contributed by atoms with Crippen LogP contribution in [-0.2, 0) is 4.74 Å². The Morgan fingerprint density at radius 3 is 2.94 bits per heavy atom. The van der Waals surface area contributed by atoms with E-state index in [2.05, 4.69) is 11.4 Å². The Morgan fingerprint density at radius 2 is 2.19 bits per heavy atom. The van der Waals surface area contributed by atoms with Crippen molar-refractivity contribution >= 4 is 11.0 Å². The van der Waals surface area contributed by atoms with E-state index in [1.807, 2.05) is 31.5 Å². The van der Waals surface area contributed by atoms with Crippen LogP contribution < -0.4 is 5.32 Å². The van der Waals surface area contributed by atoms with Crippen molar-refractivity contribution in [3.05, 3.63) is 36.1 Å². The molecule has 1 heterocycles. The molecule has 0 spiro atoms. The highest BCUT2D eigenvalue weighted by Gasteiger charge is 2.15. The highest BCUT2D eigenvalue weighted by molar-refractivity contribution is 5.81. The molecular weight excluding hydrogens is 202 g/mol. The van der Waals surface area contributed by atoms with Gasteiger partial charge < -0.3 is 14.5 Å². The zero-order valence-corrected chi connectivity index (χ0v) is 9.69. The van der Waals surface area contributed by atoms with E-state index in [4.69, 9.17) is 9.15 Å². The van der Waals surface area contributed by atoms with Crippen molar-refractivity contribution in [2.45, 2.75) is 5.92 Å². The van der Waals surface area contributed by atoms with Crippen LogP contribution in [0, 0.1) is 0 Å². The number of hydrogen-bond donors (Lipinski definition) is 1. The third-order valence-corrected chi connectivity index (χ3v) is 2.77. The molecule has 1 unspecified atom stereocenters. The van der Waals surface area contributed by atoms with Gasteiger partial charge in [-0.2, -0.15) is 0 Å². The fraction of sp³-hybridized carbons (Fsp3) is 0.385. The van der Waals surface area contributed by atoms with Gasteiger partial charge in [0.25, 0.3) is 0 Å². The van der Waals surface area contributed by atoms with Crippen LogP contribution in [0.2, 0.25) is 0 Å². The summed E-state index contributed by atoms with van der Waals surface area (Å²) in [5, 5.41) is 4.36. The molecule has 0 aliphatic rings. The number of nitrogens with one attached hydrogen (secondary N) is 1. The zero-order valence-electron chi connectivity index (χ0n) is 9.69. The van der Waals surface area contributed by atoms with Gasteiger partial charge in [0.15, 0.2) is 0 Å². The molecule has 0 aliphatic carbocycles. The Hall–Kier alpha value is -1.32. The Bertz CT molecular complexity index is 444. The Kier molecular flexibility index (Phi) is 3.59. The lowest BCUT2D eigenvalue weighted by atomic mass is 9.99. The summed E-state index contributed by atoms with van der Waals surface area (Å²) in [6.07, 6.45) is 1.84. The number of furan rings is 1. The molecule has 2 rings (SSSR count). The molecule has 3 nitrogen and oxygen atoms in total. The number of benzene rings is 1. The second kappa shape index (κ2) is 5.14. The molecule has 1 atom stereocenters. The number of fused-ring (bicyclic) bond motifs is 1. The first-order valence-electron chi connectivity index (χ1n) is 5.46. The van der Waals surface area contributed by atoms with Gasteiger partial charge in [0, 0.05) is 30.5 Å². The first kappa shape index (κ1) is 11.2. The van der Waals surface area contributed by atoms with Crippen molar-refractivity contribution in [2.75, 3.05) is 27.3 Å². The number of rotatable bonds is 5. The maximum atomic E-state index is 5.54. The van der Waals surface area contributed by atoms with Crippen molar-refractivity contribution < 1.29 is 9.15 Å². The largest absolute Gasteiger partial charge is 0.464 e. The maximum absolute atomic E-state index is 5.54. The Morgan fingerprint density at radius 1 is 1.38 bits per heavy atom. The van der Waals surface area contributed by atoms with Gasteiger partial charge in [-0.25, -0.2) is 0 Å². The highest BCUT2D eigenvalue weighted by Crippen LogP contribution is 2.27. The van der Waals surface area contributed by atoms with Gasteiger partial charge in [-0.05, 0) is 13.1 Å². The topological polar surface area (TPSA) is 34.4 Å². The minimum atomic E-state index is 0.332. The van der Waals surface area contributed by atoms with E-state index in [1.54, 1.807) is 7.11 Å². The van der Waals surface area contributed by atoms with E-state index < -0.39 is 0 Å². The molecule has 2 aromatic rings. The first-order chi connectivity index (χ1) is 7.86. The average Bonchev–Trinajstić information content (AvgIpc) is 2.72. The van der Waals surface area contributed by atoms with E-state index in [-0.39, 0.29) is 0 Å². The zero-order chi connectivity index (χ0) is 11.4. The van der Waals surface area contributed by atoms with Crippen LogP contribution in [0.1, 0.15) is 11.5 Å². The fourth-order valence-electron chi connectivity index (χ4n) is 2.02. The molecule has 0 saturated carbocycles. The third-order valence-electron chi connectivity index (χ3n) is 2.77. The number of likely N-dealkylation sites (N-methyl/N-ethyl adjacent to an activating group) is 1. The number of para-hydroxylation sites is 1. The molecule has 0 saturated heterocycles. The molecule has 1 aromatic carbocycles. The first-order valence-corrected chi connectivity index (χ1v) is 5.46. The Labute approximate surface area is 95.4 Å². The molecule has 3 heteroatoms. The van der Waals surface area contributed by atoms with Crippen LogP contribution in [0.4, 0.5) is 0 Å². The molecule has 0 radical (unpaired) electrons. The van der Waals surface area contributed by atoms with Crippen molar-refractivity contribution in [3.63, 3.8) is 0 Å². The van der Waals surface area contributed by atoms with Gasteiger partial charge in [0.2, 0.25) is 0 Å². The van der Waals surface area contributed by atoms with Crippen LogP contribution in [0.15, 0.2) is 34.9 Å². The number of ether oxygens (including phenoxy) is 1. The van der Waals surface area contributed by atoms with Crippen molar-refractivity contribution in [2.24, 2.45) is 0 Å². The fourth-order valence-corrected chi connectivity index (χ4v) is 2.02. The molecule has 0 fully saturated rings. The lowest BCUT2D eigenvalue weighted by Gasteiger charge is -2.14. The van der Waals surface area contributed by atoms with Crippen molar-refractivity contribution in [3.8, 4) is 0 Å². The summed E-state index contributed by atoms with van der Waals surface area (Å²) in [4.78, 5) is 0. The molecule has 16 heavy (non-hydrogen) atoms. The van der Waals surface area contributed by atoms with Crippen molar-refractivity contribution in [1.82, 2.24) is 5.32 Å². The van der Waals surface area contributed by atoms with E-state index in [0.29, 0.717) is 12.5 Å². The van der Waals surface area contributed by atoms with E-state index in [9.17, 15) is 0 Å². The summed E-state index contributed by atoms with van der Waals surface area (Å²) in [5.74, 6) is 0.332. The summed E-state index contributed by atoms with van der Waals surface area (Å²) in [6, 6.07) is 8.10. The summed E-state index contributed by atoms with van der Waals surface area (Å²) in [7, 11) is 3.68. The van der Waals surface area contributed by atoms with Gasteiger partial charge in [-0.1, -0.05) is 18.2 Å². The molecule has 86 valence electrons. The Balaban J connectivity index is 2.36. The SMILES string of the molecule is CNCC(COC)c1coc2ccccc12. The van der Waals surface area contributed by atoms with Gasteiger partial charge in [-0.15, -0.1) is 0 Å². The standard InChI is InChI=1S/C13H17NO2/c1-14-7-10(8-15-2)12-9-16-13-6-4-3-5-11(12)13/h3-6,9-10,14H,7-8H2,1-2H3. The second-order valence-corrected chi connectivity index (χ2v) is 3.90. The van der Waals surface area contributed by atoms with Gasteiger partial charge in [-0.3, -0.25) is 0 Å². The van der Waals surface area contributed by atoms with Gasteiger partial charge in [0.05, 0.1) is 12.9 Å². The number of hydrogen-bond acceptors (Lipinski definition) is 3. The minimum Gasteiger partial charge on any atom is -0.464 e. The lowest BCUT2D eigenvalue weighted by molar-refractivity contribution is 0.179. The molecule has 0 bridgehead atoms. The van der Waals surface area contributed by atoms with Crippen LogP contribution in [-0.4, -0.2) is 27.3 Å². The summed E-state index contributed by atoms with van der Waals surface area (Å²) in [5.41, 5.74) is 2.15.